The van der Waals surface area contributed by atoms with Gasteiger partial charge in [0.25, 0.3) is 5.56 Å². The number of hydrogen-bond donors (Lipinski definition) is 1. The van der Waals surface area contributed by atoms with Crippen molar-refractivity contribution in [1.29, 1.82) is 0 Å². The van der Waals surface area contributed by atoms with E-state index in [0.29, 0.717) is 11.5 Å². The monoisotopic (exact) mass is 425 g/mol. The molecule has 0 bridgehead atoms. The summed E-state index contributed by atoms with van der Waals surface area (Å²) in [5.41, 5.74) is -0.916. The van der Waals surface area contributed by atoms with Crippen LogP contribution in [-0.4, -0.2) is 15.7 Å². The third-order valence-corrected chi connectivity index (χ3v) is 4.31. The third-order valence-electron chi connectivity index (χ3n) is 3.98. The van der Waals surface area contributed by atoms with Gasteiger partial charge >= 0.3 is 6.18 Å². The Bertz CT molecular complexity index is 1060. The molecule has 0 radical (unpaired) electrons. The number of carbonyl (C=O) groups is 1. The average Bonchev–Trinajstić information content (AvgIpc) is 3.19. The minimum absolute atomic E-state index is 0.00427. The van der Waals surface area contributed by atoms with Crippen molar-refractivity contribution < 1.29 is 22.4 Å². The van der Waals surface area contributed by atoms with Gasteiger partial charge in [-0.1, -0.05) is 11.6 Å². The van der Waals surface area contributed by atoms with Crippen LogP contribution in [-0.2, 0) is 17.5 Å². The Balaban J connectivity index is 1.61. The lowest BCUT2D eigenvalue weighted by Crippen LogP contribution is -2.23. The van der Waals surface area contributed by atoms with Crippen molar-refractivity contribution >= 4 is 23.2 Å². The molecular formula is C19H15ClF3N3O3. The van der Waals surface area contributed by atoms with Gasteiger partial charge in [-0.15, -0.1) is 0 Å². The molecule has 3 rings (SSSR count). The van der Waals surface area contributed by atoms with E-state index in [1.807, 2.05) is 0 Å². The molecule has 0 aliphatic rings. The van der Waals surface area contributed by atoms with Gasteiger partial charge in [-0.3, -0.25) is 9.59 Å². The topological polar surface area (TPSA) is 77.1 Å². The predicted molar refractivity (Wildman–Crippen MR) is 101 cm³/mol. The molecule has 152 valence electrons. The summed E-state index contributed by atoms with van der Waals surface area (Å²) in [5, 5.41) is 6.54. The summed E-state index contributed by atoms with van der Waals surface area (Å²) in [6.45, 7) is 0.150. The van der Waals surface area contributed by atoms with Crippen LogP contribution in [0.3, 0.4) is 0 Å². The fraction of sp³-hybridized carbons (Fsp3) is 0.211. The smallest absolute Gasteiger partial charge is 0.416 e. The molecule has 0 aliphatic heterocycles. The van der Waals surface area contributed by atoms with Crippen molar-refractivity contribution in [2.45, 2.75) is 25.6 Å². The van der Waals surface area contributed by atoms with Crippen molar-refractivity contribution in [3.05, 3.63) is 69.7 Å². The molecule has 0 unspecified atom stereocenters. The number of benzene rings is 1. The van der Waals surface area contributed by atoms with E-state index in [-0.39, 0.29) is 35.7 Å². The highest BCUT2D eigenvalue weighted by molar-refractivity contribution is 6.33. The van der Waals surface area contributed by atoms with Crippen LogP contribution in [0, 0.1) is 0 Å². The molecule has 1 aromatic carbocycles. The summed E-state index contributed by atoms with van der Waals surface area (Å²) in [5.74, 6) is -0.0304. The second-order valence-corrected chi connectivity index (χ2v) is 6.51. The molecule has 10 heteroatoms. The van der Waals surface area contributed by atoms with E-state index in [1.165, 1.54) is 23.1 Å². The zero-order valence-corrected chi connectivity index (χ0v) is 15.6. The van der Waals surface area contributed by atoms with Crippen LogP contribution in [0.5, 0.6) is 0 Å². The van der Waals surface area contributed by atoms with E-state index >= 15 is 0 Å². The molecule has 2 aromatic heterocycles. The Morgan fingerprint density at radius 3 is 2.69 bits per heavy atom. The first kappa shape index (κ1) is 20.7. The van der Waals surface area contributed by atoms with Gasteiger partial charge in [0.05, 0.1) is 22.5 Å². The number of alkyl halides is 3. The maximum Gasteiger partial charge on any atom is 0.416 e. The lowest BCUT2D eigenvalue weighted by atomic mass is 10.2. The Labute approximate surface area is 167 Å². The first-order valence-electron chi connectivity index (χ1n) is 8.53. The number of hydrogen-bond acceptors (Lipinski definition) is 4. The summed E-state index contributed by atoms with van der Waals surface area (Å²) in [4.78, 5) is 24.0. The van der Waals surface area contributed by atoms with Crippen molar-refractivity contribution in [2.75, 3.05) is 5.32 Å². The van der Waals surface area contributed by atoms with E-state index in [9.17, 15) is 22.8 Å². The number of aromatic nitrogens is 2. The second-order valence-electron chi connectivity index (χ2n) is 6.10. The fourth-order valence-corrected chi connectivity index (χ4v) is 2.73. The quantitative estimate of drug-likeness (QED) is 0.626. The molecule has 1 amide bonds. The molecule has 1 N–H and O–H groups in total. The number of amides is 1. The first-order chi connectivity index (χ1) is 13.7. The van der Waals surface area contributed by atoms with Gasteiger partial charge in [0.1, 0.15) is 5.69 Å². The molecule has 2 heterocycles. The maximum atomic E-state index is 12.8. The molecule has 29 heavy (non-hydrogen) atoms. The second kappa shape index (κ2) is 8.52. The lowest BCUT2D eigenvalue weighted by Gasteiger charge is -2.12. The Hall–Kier alpha value is -3.07. The zero-order valence-electron chi connectivity index (χ0n) is 14.9. The Morgan fingerprint density at radius 1 is 1.21 bits per heavy atom. The summed E-state index contributed by atoms with van der Waals surface area (Å²) in [7, 11) is 0. The van der Waals surface area contributed by atoms with Gasteiger partial charge in [0, 0.05) is 19.0 Å². The Morgan fingerprint density at radius 2 is 2.00 bits per heavy atom. The van der Waals surface area contributed by atoms with Crippen LogP contribution in [0.2, 0.25) is 5.02 Å². The maximum absolute atomic E-state index is 12.8. The van der Waals surface area contributed by atoms with Gasteiger partial charge in [-0.05, 0) is 42.8 Å². The first-order valence-corrected chi connectivity index (χ1v) is 8.90. The van der Waals surface area contributed by atoms with Crippen molar-refractivity contribution in [3.8, 4) is 11.5 Å². The van der Waals surface area contributed by atoms with E-state index in [1.54, 1.807) is 12.1 Å². The van der Waals surface area contributed by atoms with E-state index in [4.69, 9.17) is 16.0 Å². The third kappa shape index (κ3) is 5.26. The van der Waals surface area contributed by atoms with Crippen LogP contribution in [0.4, 0.5) is 18.9 Å². The molecule has 0 saturated heterocycles. The summed E-state index contributed by atoms with van der Waals surface area (Å²) in [6, 6.07) is 8.94. The minimum Gasteiger partial charge on any atom is -0.463 e. The van der Waals surface area contributed by atoms with E-state index < -0.39 is 17.6 Å². The standard InChI is InChI=1S/C19H15ClF3N3O3/c20-13-6-5-12(19(21,22)23)11-15(13)24-17(27)4-1-9-26-18(28)8-7-14(25-26)16-3-2-10-29-16/h2-3,5-8,10-11H,1,4,9H2,(H,24,27). The minimum atomic E-state index is -4.55. The van der Waals surface area contributed by atoms with Gasteiger partial charge in [0.15, 0.2) is 5.76 Å². The van der Waals surface area contributed by atoms with E-state index in [0.717, 1.165) is 18.2 Å². The van der Waals surface area contributed by atoms with Crippen molar-refractivity contribution in [1.82, 2.24) is 9.78 Å². The normalized spacial score (nSPS) is 11.4. The van der Waals surface area contributed by atoms with Crippen LogP contribution in [0.15, 0.2) is 57.9 Å². The number of halogens is 4. The van der Waals surface area contributed by atoms with Crippen molar-refractivity contribution in [2.24, 2.45) is 0 Å². The lowest BCUT2D eigenvalue weighted by molar-refractivity contribution is -0.137. The number of aryl methyl sites for hydroxylation is 1. The van der Waals surface area contributed by atoms with Crippen molar-refractivity contribution in [3.63, 3.8) is 0 Å². The number of anilines is 1. The van der Waals surface area contributed by atoms with Gasteiger partial charge in [0.2, 0.25) is 5.91 Å². The van der Waals surface area contributed by atoms with Crippen LogP contribution in [0.25, 0.3) is 11.5 Å². The predicted octanol–water partition coefficient (Wildman–Crippen LogP) is 4.59. The molecule has 0 fully saturated rings. The highest BCUT2D eigenvalue weighted by Gasteiger charge is 2.31. The average molecular weight is 426 g/mol. The van der Waals surface area contributed by atoms with Crippen LogP contribution < -0.4 is 10.9 Å². The van der Waals surface area contributed by atoms with Crippen LogP contribution >= 0.6 is 11.6 Å². The van der Waals surface area contributed by atoms with E-state index in [2.05, 4.69) is 10.4 Å². The molecule has 0 aliphatic carbocycles. The van der Waals surface area contributed by atoms with Gasteiger partial charge < -0.3 is 9.73 Å². The number of furan rings is 1. The largest absolute Gasteiger partial charge is 0.463 e. The fourth-order valence-electron chi connectivity index (χ4n) is 2.56. The summed E-state index contributed by atoms with van der Waals surface area (Å²) in [6.07, 6.45) is -2.85. The molecule has 0 atom stereocenters. The highest BCUT2D eigenvalue weighted by Crippen LogP contribution is 2.33. The molecule has 6 nitrogen and oxygen atoms in total. The number of nitrogens with zero attached hydrogens (tertiary/aromatic N) is 2. The van der Waals surface area contributed by atoms with Gasteiger partial charge in [-0.2, -0.15) is 18.3 Å². The Kier molecular flexibility index (Phi) is 6.07. The molecule has 0 saturated carbocycles. The number of carbonyl (C=O) groups excluding carboxylic acids is 1. The number of rotatable bonds is 6. The summed E-state index contributed by atoms with van der Waals surface area (Å²) < 4.78 is 44.8. The molecular weight excluding hydrogens is 411 g/mol. The molecule has 3 aromatic rings. The highest BCUT2D eigenvalue weighted by atomic mass is 35.5. The number of nitrogens with one attached hydrogen (secondary N) is 1. The molecule has 0 spiro atoms. The van der Waals surface area contributed by atoms with Crippen LogP contribution in [0.1, 0.15) is 18.4 Å². The zero-order chi connectivity index (χ0) is 21.0. The van der Waals surface area contributed by atoms with Gasteiger partial charge in [-0.25, -0.2) is 4.68 Å². The summed E-state index contributed by atoms with van der Waals surface area (Å²) >= 11 is 5.86. The SMILES string of the molecule is O=C(CCCn1nc(-c2ccco2)ccc1=O)Nc1cc(C(F)(F)F)ccc1Cl.